The standard InChI is InChI=1S/C13H15ClN2O2S/c14-12-8-10(2-1-7-15)5-6-13(12)19(17,18)16-9-11-3-4-11/h5-6,8,11,16H,3-4,7,9,15H2. The summed E-state index contributed by atoms with van der Waals surface area (Å²) in [5, 5.41) is 0.173. The van der Waals surface area contributed by atoms with Crippen LogP contribution in [0.3, 0.4) is 0 Å². The van der Waals surface area contributed by atoms with Crippen LogP contribution >= 0.6 is 11.6 Å². The summed E-state index contributed by atoms with van der Waals surface area (Å²) in [5.41, 5.74) is 5.92. The van der Waals surface area contributed by atoms with Gasteiger partial charge in [-0.05, 0) is 37.0 Å². The molecule has 0 amide bonds. The number of nitrogens with one attached hydrogen (secondary N) is 1. The molecule has 0 atom stereocenters. The first-order chi connectivity index (χ1) is 9.03. The fourth-order valence-corrected chi connectivity index (χ4v) is 3.24. The molecule has 1 aromatic carbocycles. The zero-order chi connectivity index (χ0) is 13.9. The lowest BCUT2D eigenvalue weighted by Crippen LogP contribution is -2.26. The van der Waals surface area contributed by atoms with Gasteiger partial charge in [-0.2, -0.15) is 0 Å². The Labute approximate surface area is 118 Å². The van der Waals surface area contributed by atoms with Crippen LogP contribution in [0.4, 0.5) is 0 Å². The highest BCUT2D eigenvalue weighted by molar-refractivity contribution is 7.89. The summed E-state index contributed by atoms with van der Waals surface area (Å²) in [6.07, 6.45) is 2.17. The number of benzene rings is 1. The van der Waals surface area contributed by atoms with Crippen LogP contribution in [0, 0.1) is 17.8 Å². The summed E-state index contributed by atoms with van der Waals surface area (Å²) in [6.45, 7) is 0.730. The lowest BCUT2D eigenvalue weighted by molar-refractivity contribution is 0.577. The van der Waals surface area contributed by atoms with Crippen molar-refractivity contribution in [2.45, 2.75) is 17.7 Å². The quantitative estimate of drug-likeness (QED) is 0.824. The van der Waals surface area contributed by atoms with E-state index in [2.05, 4.69) is 16.6 Å². The van der Waals surface area contributed by atoms with E-state index in [1.54, 1.807) is 6.07 Å². The van der Waals surface area contributed by atoms with Crippen molar-refractivity contribution in [3.8, 4) is 11.8 Å². The maximum atomic E-state index is 12.1. The van der Waals surface area contributed by atoms with E-state index < -0.39 is 10.0 Å². The van der Waals surface area contributed by atoms with E-state index in [9.17, 15) is 8.42 Å². The van der Waals surface area contributed by atoms with Gasteiger partial charge in [-0.1, -0.05) is 23.4 Å². The number of halogens is 1. The Morgan fingerprint density at radius 1 is 1.42 bits per heavy atom. The maximum Gasteiger partial charge on any atom is 0.242 e. The van der Waals surface area contributed by atoms with Gasteiger partial charge in [0, 0.05) is 12.1 Å². The normalized spacial score (nSPS) is 14.8. The van der Waals surface area contributed by atoms with Gasteiger partial charge < -0.3 is 5.73 Å². The van der Waals surface area contributed by atoms with Crippen LogP contribution < -0.4 is 10.5 Å². The predicted octanol–water partition coefficient (Wildman–Crippen LogP) is 1.34. The molecule has 1 fully saturated rings. The molecule has 1 aliphatic rings. The third kappa shape index (κ3) is 3.95. The van der Waals surface area contributed by atoms with Crippen molar-refractivity contribution in [1.29, 1.82) is 0 Å². The van der Waals surface area contributed by atoms with Gasteiger partial charge in [0.15, 0.2) is 0 Å². The minimum atomic E-state index is -3.54. The summed E-state index contributed by atoms with van der Waals surface area (Å²) in [5.74, 6) is 5.98. The van der Waals surface area contributed by atoms with E-state index in [-0.39, 0.29) is 16.5 Å². The Bertz CT molecular complexity index is 628. The first-order valence-corrected chi connectivity index (χ1v) is 7.87. The minimum absolute atomic E-state index is 0.0908. The van der Waals surface area contributed by atoms with Crippen molar-refractivity contribution in [3.63, 3.8) is 0 Å². The minimum Gasteiger partial charge on any atom is -0.320 e. The van der Waals surface area contributed by atoms with Gasteiger partial charge in [-0.15, -0.1) is 0 Å². The van der Waals surface area contributed by atoms with Crippen LogP contribution in [0.1, 0.15) is 18.4 Å². The molecule has 2 rings (SSSR count). The molecule has 4 nitrogen and oxygen atoms in total. The fourth-order valence-electron chi connectivity index (χ4n) is 1.58. The van der Waals surface area contributed by atoms with Crippen LogP contribution in [-0.2, 0) is 10.0 Å². The second-order valence-electron chi connectivity index (χ2n) is 4.45. The van der Waals surface area contributed by atoms with Gasteiger partial charge in [-0.3, -0.25) is 0 Å². The van der Waals surface area contributed by atoms with Crippen molar-refractivity contribution >= 4 is 21.6 Å². The number of nitrogens with two attached hydrogens (primary N) is 1. The van der Waals surface area contributed by atoms with Crippen molar-refractivity contribution in [3.05, 3.63) is 28.8 Å². The molecule has 1 aliphatic carbocycles. The molecule has 0 aliphatic heterocycles. The SMILES string of the molecule is NCC#Cc1ccc(S(=O)(=O)NCC2CC2)c(Cl)c1. The molecule has 0 heterocycles. The first kappa shape index (κ1) is 14.4. The average molecular weight is 299 g/mol. The molecule has 0 radical (unpaired) electrons. The van der Waals surface area contributed by atoms with Gasteiger partial charge in [0.25, 0.3) is 0 Å². The molecular formula is C13H15ClN2O2S. The highest BCUT2D eigenvalue weighted by atomic mass is 35.5. The predicted molar refractivity (Wildman–Crippen MR) is 75.3 cm³/mol. The topological polar surface area (TPSA) is 72.2 Å². The first-order valence-electron chi connectivity index (χ1n) is 6.01. The van der Waals surface area contributed by atoms with E-state index in [1.165, 1.54) is 12.1 Å². The highest BCUT2D eigenvalue weighted by Gasteiger charge is 2.25. The van der Waals surface area contributed by atoms with E-state index >= 15 is 0 Å². The van der Waals surface area contributed by atoms with Gasteiger partial charge in [-0.25, -0.2) is 13.1 Å². The average Bonchev–Trinajstić information content (AvgIpc) is 3.18. The molecule has 0 spiro atoms. The zero-order valence-corrected chi connectivity index (χ0v) is 11.9. The van der Waals surface area contributed by atoms with Crippen molar-refractivity contribution in [1.82, 2.24) is 4.72 Å². The summed E-state index contributed by atoms with van der Waals surface area (Å²) in [7, 11) is -3.54. The largest absolute Gasteiger partial charge is 0.320 e. The molecule has 102 valence electrons. The summed E-state index contributed by atoms with van der Waals surface area (Å²) in [6, 6.07) is 4.63. The highest BCUT2D eigenvalue weighted by Crippen LogP contribution is 2.29. The number of hydrogen-bond donors (Lipinski definition) is 2. The third-order valence-corrected chi connectivity index (χ3v) is 4.72. The van der Waals surface area contributed by atoms with Crippen LogP contribution in [0.15, 0.2) is 23.1 Å². The lowest BCUT2D eigenvalue weighted by atomic mass is 10.2. The Morgan fingerprint density at radius 2 is 2.16 bits per heavy atom. The Balaban J connectivity index is 2.19. The molecule has 0 aromatic heterocycles. The zero-order valence-electron chi connectivity index (χ0n) is 10.3. The molecule has 0 unspecified atom stereocenters. The van der Waals surface area contributed by atoms with Crippen molar-refractivity contribution in [2.75, 3.05) is 13.1 Å². The molecule has 19 heavy (non-hydrogen) atoms. The van der Waals surface area contributed by atoms with E-state index in [0.717, 1.165) is 12.8 Å². The van der Waals surface area contributed by atoms with E-state index in [1.807, 2.05) is 0 Å². The number of sulfonamides is 1. The fraction of sp³-hybridized carbons (Fsp3) is 0.385. The monoisotopic (exact) mass is 298 g/mol. The van der Waals surface area contributed by atoms with Crippen molar-refractivity contribution in [2.24, 2.45) is 11.7 Å². The second kappa shape index (κ2) is 5.93. The number of rotatable bonds is 4. The molecule has 3 N–H and O–H groups in total. The van der Waals surface area contributed by atoms with Crippen LogP contribution in [-0.4, -0.2) is 21.5 Å². The smallest absolute Gasteiger partial charge is 0.242 e. The van der Waals surface area contributed by atoms with Crippen LogP contribution in [0.5, 0.6) is 0 Å². The molecule has 0 saturated heterocycles. The van der Waals surface area contributed by atoms with Crippen LogP contribution in [0.25, 0.3) is 0 Å². The van der Waals surface area contributed by atoms with Crippen molar-refractivity contribution < 1.29 is 8.42 Å². The molecule has 1 saturated carbocycles. The van der Waals surface area contributed by atoms with Crippen LogP contribution in [0.2, 0.25) is 5.02 Å². The third-order valence-electron chi connectivity index (χ3n) is 2.82. The maximum absolute atomic E-state index is 12.1. The lowest BCUT2D eigenvalue weighted by Gasteiger charge is -2.08. The number of hydrogen-bond acceptors (Lipinski definition) is 3. The second-order valence-corrected chi connectivity index (χ2v) is 6.59. The van der Waals surface area contributed by atoms with Gasteiger partial charge in [0.1, 0.15) is 4.90 Å². The van der Waals surface area contributed by atoms with Gasteiger partial charge >= 0.3 is 0 Å². The molecule has 6 heteroatoms. The Kier molecular flexibility index (Phi) is 4.48. The molecule has 0 bridgehead atoms. The van der Waals surface area contributed by atoms with E-state index in [0.29, 0.717) is 18.0 Å². The van der Waals surface area contributed by atoms with Gasteiger partial charge in [0.2, 0.25) is 10.0 Å². The molecule has 1 aromatic rings. The molecular weight excluding hydrogens is 284 g/mol. The summed E-state index contributed by atoms with van der Waals surface area (Å²) >= 11 is 6.01. The van der Waals surface area contributed by atoms with E-state index in [4.69, 9.17) is 17.3 Å². The summed E-state index contributed by atoms with van der Waals surface area (Å²) < 4.78 is 26.7. The Morgan fingerprint density at radius 3 is 2.74 bits per heavy atom. The van der Waals surface area contributed by atoms with Gasteiger partial charge in [0.05, 0.1) is 11.6 Å². The summed E-state index contributed by atoms with van der Waals surface area (Å²) in [4.78, 5) is 0.0908. The Hall–Kier alpha value is -1.06.